The van der Waals surface area contributed by atoms with Crippen LogP contribution in [-0.2, 0) is 27.0 Å². The van der Waals surface area contributed by atoms with Crippen molar-refractivity contribution < 1.29 is 33.3 Å². The quantitative estimate of drug-likeness (QED) is 0.155. The van der Waals surface area contributed by atoms with Gasteiger partial charge in [-0.15, -0.1) is 12.3 Å². The Hall–Kier alpha value is -3.32. The molecular weight excluding hydrogens is 574 g/mol. The topological polar surface area (TPSA) is 103 Å². The molecule has 2 N–H and O–H groups in total. The number of terminal acetylenes is 1. The number of carbonyl (C=O) groups excluding carboxylic acids is 2. The number of carbonyl (C=O) groups is 2. The zero-order valence-electron chi connectivity index (χ0n) is 27.5. The van der Waals surface area contributed by atoms with E-state index in [4.69, 9.17) is 25.1 Å². The Bertz CT molecular complexity index is 1330. The minimum Gasteiger partial charge on any atom is -0.497 e. The van der Waals surface area contributed by atoms with Gasteiger partial charge in [0, 0.05) is 19.4 Å². The molecule has 0 fully saturated rings. The van der Waals surface area contributed by atoms with Crippen LogP contribution >= 0.6 is 0 Å². The average molecular weight is 624 g/mol. The second-order valence-electron chi connectivity index (χ2n) is 13.3. The largest absolute Gasteiger partial charge is 0.497 e. The Morgan fingerprint density at radius 2 is 1.89 bits per heavy atom. The molecule has 0 spiro atoms. The first-order valence-corrected chi connectivity index (χ1v) is 18.2. The molecule has 0 saturated heterocycles. The van der Waals surface area contributed by atoms with Crippen LogP contribution in [0.15, 0.2) is 36.4 Å². The monoisotopic (exact) mass is 623 g/mol. The number of ether oxygens (including phenoxy) is 3. The molecule has 9 heteroatoms. The fourth-order valence-electron chi connectivity index (χ4n) is 4.95. The lowest BCUT2D eigenvalue weighted by molar-refractivity contribution is -0.127. The third kappa shape index (κ3) is 8.87. The second kappa shape index (κ2) is 15.1. The van der Waals surface area contributed by atoms with E-state index in [9.17, 15) is 14.7 Å². The molecule has 2 aromatic rings. The van der Waals surface area contributed by atoms with E-state index in [0.717, 1.165) is 22.4 Å². The van der Waals surface area contributed by atoms with E-state index < -0.39 is 32.4 Å². The maximum absolute atomic E-state index is 13.3. The number of amides is 1. The van der Waals surface area contributed by atoms with Gasteiger partial charge in [0.2, 0.25) is 5.91 Å². The molecule has 1 aliphatic rings. The normalized spacial score (nSPS) is 17.0. The number of aliphatic hydroxyl groups excluding tert-OH is 1. The van der Waals surface area contributed by atoms with E-state index in [2.05, 4.69) is 45.1 Å². The molecule has 4 atom stereocenters. The summed E-state index contributed by atoms with van der Waals surface area (Å²) in [5.74, 6) is 2.55. The Morgan fingerprint density at radius 1 is 1.20 bits per heavy atom. The molecular formula is C35H49NO7Si. The molecule has 0 bridgehead atoms. The first-order valence-electron chi connectivity index (χ1n) is 15.3. The zero-order valence-corrected chi connectivity index (χ0v) is 28.5. The van der Waals surface area contributed by atoms with Crippen LogP contribution in [0.4, 0.5) is 0 Å². The van der Waals surface area contributed by atoms with Crippen LogP contribution in [0.3, 0.4) is 0 Å². The average Bonchev–Trinajstić information content (AvgIpc) is 2.97. The lowest BCUT2D eigenvalue weighted by Crippen LogP contribution is -2.47. The minimum atomic E-state index is -2.07. The highest BCUT2D eigenvalue weighted by Crippen LogP contribution is 2.37. The van der Waals surface area contributed by atoms with Crippen molar-refractivity contribution >= 4 is 20.2 Å². The molecule has 8 nitrogen and oxygen atoms in total. The molecule has 44 heavy (non-hydrogen) atoms. The van der Waals surface area contributed by atoms with Crippen molar-refractivity contribution in [3.05, 3.63) is 58.7 Å². The summed E-state index contributed by atoms with van der Waals surface area (Å²) >= 11 is 0. The van der Waals surface area contributed by atoms with Crippen LogP contribution in [0.2, 0.25) is 18.1 Å². The van der Waals surface area contributed by atoms with E-state index in [1.165, 1.54) is 0 Å². The number of hydrogen-bond acceptors (Lipinski definition) is 7. The number of benzene rings is 2. The van der Waals surface area contributed by atoms with Gasteiger partial charge in [-0.1, -0.05) is 52.0 Å². The van der Waals surface area contributed by atoms with E-state index >= 15 is 0 Å². The van der Waals surface area contributed by atoms with Gasteiger partial charge in [-0.05, 0) is 66.2 Å². The Kier molecular flexibility index (Phi) is 12.1. The standard InChI is InChI=1S/C35H49NO7Si/c1-10-11-27(22-42-44(8,9)35(4,5)6)33(38)36-28(20-37)18-24(3)30-19-26-15-12-23(2)32(31(26)34(39)43-30)41-21-25-13-16-29(40-7)17-14-25/h1,12-17,24,27-28,30,37H,11,18-22H2,2-9H3,(H,36,38)/t24-,27?,28?,30+/m0/s1. The summed E-state index contributed by atoms with van der Waals surface area (Å²) in [4.78, 5) is 26.5. The van der Waals surface area contributed by atoms with E-state index in [-0.39, 0.29) is 36.5 Å². The van der Waals surface area contributed by atoms with Crippen molar-refractivity contribution in [1.29, 1.82) is 0 Å². The third-order valence-corrected chi connectivity index (χ3v) is 13.4. The van der Waals surface area contributed by atoms with Crippen molar-refractivity contribution in [3.63, 3.8) is 0 Å². The van der Waals surface area contributed by atoms with E-state index in [1.54, 1.807) is 7.11 Å². The first-order chi connectivity index (χ1) is 20.7. The van der Waals surface area contributed by atoms with Crippen LogP contribution in [-0.4, -0.2) is 57.8 Å². The molecule has 2 unspecified atom stereocenters. The van der Waals surface area contributed by atoms with E-state index in [0.29, 0.717) is 30.8 Å². The summed E-state index contributed by atoms with van der Waals surface area (Å²) in [7, 11) is -0.450. The molecule has 0 saturated carbocycles. The molecule has 1 heterocycles. The fourth-order valence-corrected chi connectivity index (χ4v) is 6.00. The molecule has 240 valence electrons. The number of aliphatic hydroxyl groups is 1. The number of fused-ring (bicyclic) bond motifs is 1. The molecule has 2 aromatic carbocycles. The number of esters is 1. The highest BCUT2D eigenvalue weighted by Gasteiger charge is 2.39. The molecule has 0 aliphatic carbocycles. The van der Waals surface area contributed by atoms with Gasteiger partial charge in [0.05, 0.1) is 25.7 Å². The number of hydrogen-bond donors (Lipinski definition) is 2. The smallest absolute Gasteiger partial charge is 0.342 e. The van der Waals surface area contributed by atoms with Crippen molar-refractivity contribution in [3.8, 4) is 23.8 Å². The molecule has 1 aliphatic heterocycles. The van der Waals surface area contributed by atoms with Gasteiger partial charge in [0.25, 0.3) is 0 Å². The van der Waals surface area contributed by atoms with Gasteiger partial charge in [-0.25, -0.2) is 4.79 Å². The number of aryl methyl sites for hydroxylation is 1. The van der Waals surface area contributed by atoms with Gasteiger partial charge >= 0.3 is 5.97 Å². The molecule has 0 aromatic heterocycles. The van der Waals surface area contributed by atoms with Crippen LogP contribution in [0.1, 0.15) is 67.6 Å². The maximum Gasteiger partial charge on any atom is 0.342 e. The Balaban J connectivity index is 1.65. The minimum absolute atomic E-state index is 0.00537. The summed E-state index contributed by atoms with van der Waals surface area (Å²) in [6.07, 6.45) is 6.34. The van der Waals surface area contributed by atoms with Gasteiger partial charge in [0.15, 0.2) is 8.32 Å². The first kappa shape index (κ1) is 35.2. The molecule has 1 amide bonds. The van der Waals surface area contributed by atoms with Gasteiger partial charge in [0.1, 0.15) is 29.8 Å². The van der Waals surface area contributed by atoms with E-state index in [1.807, 2.05) is 50.2 Å². The van der Waals surface area contributed by atoms with Gasteiger partial charge < -0.3 is 29.1 Å². The van der Waals surface area contributed by atoms with Gasteiger partial charge in [-0.3, -0.25) is 4.79 Å². The number of cyclic esters (lactones) is 1. The summed E-state index contributed by atoms with van der Waals surface area (Å²) in [6.45, 7) is 14.9. The SMILES string of the molecule is C#CCC(CO[Si](C)(C)C(C)(C)C)C(=O)NC(CO)C[C@H](C)[C@H]1Cc2ccc(C)c(OCc3ccc(OC)cc3)c2C(=O)O1. The summed E-state index contributed by atoms with van der Waals surface area (Å²) in [5.41, 5.74) is 3.11. The summed E-state index contributed by atoms with van der Waals surface area (Å²) < 4.78 is 23.6. The summed E-state index contributed by atoms with van der Waals surface area (Å²) in [6, 6.07) is 11.0. The lowest BCUT2D eigenvalue weighted by Gasteiger charge is -2.37. The van der Waals surface area contributed by atoms with Crippen molar-refractivity contribution in [2.24, 2.45) is 11.8 Å². The maximum atomic E-state index is 13.3. The van der Waals surface area contributed by atoms with Crippen LogP contribution < -0.4 is 14.8 Å². The zero-order chi connectivity index (χ0) is 32.7. The Labute approximate surface area is 264 Å². The van der Waals surface area contributed by atoms with Crippen molar-refractivity contribution in [1.82, 2.24) is 5.32 Å². The third-order valence-electron chi connectivity index (χ3n) is 8.91. The number of rotatable bonds is 14. The lowest BCUT2D eigenvalue weighted by atomic mass is 9.87. The molecule has 3 rings (SSSR count). The van der Waals surface area contributed by atoms with Crippen molar-refractivity contribution in [2.45, 2.75) is 90.8 Å². The van der Waals surface area contributed by atoms with Crippen LogP contribution in [0.5, 0.6) is 11.5 Å². The van der Waals surface area contributed by atoms with Crippen LogP contribution in [0.25, 0.3) is 0 Å². The Morgan fingerprint density at radius 3 is 2.48 bits per heavy atom. The molecule has 0 radical (unpaired) electrons. The number of methoxy groups -OCH3 is 1. The predicted molar refractivity (Wildman–Crippen MR) is 174 cm³/mol. The fraction of sp³-hybridized carbons (Fsp3) is 0.543. The van der Waals surface area contributed by atoms with Crippen molar-refractivity contribution in [2.75, 3.05) is 20.3 Å². The highest BCUT2D eigenvalue weighted by molar-refractivity contribution is 6.74. The highest BCUT2D eigenvalue weighted by atomic mass is 28.4. The van der Waals surface area contributed by atoms with Crippen LogP contribution in [0, 0.1) is 31.1 Å². The second-order valence-corrected chi connectivity index (χ2v) is 18.1. The number of nitrogens with one attached hydrogen (secondary N) is 1. The predicted octanol–water partition coefficient (Wildman–Crippen LogP) is 5.83. The summed E-state index contributed by atoms with van der Waals surface area (Å²) in [5, 5.41) is 13.1. The van der Waals surface area contributed by atoms with Gasteiger partial charge in [-0.2, -0.15) is 0 Å².